The van der Waals surface area contributed by atoms with Crippen LogP contribution < -0.4 is 0 Å². The van der Waals surface area contributed by atoms with Gasteiger partial charge in [0, 0.05) is 68.2 Å². The smallest absolute Gasteiger partial charge is 0.254 e. The fraction of sp³-hybridized carbons (Fsp3) is 0.455. The Balaban J connectivity index is 1.13. The van der Waals surface area contributed by atoms with Gasteiger partial charge in [0.15, 0.2) is 0 Å². The van der Waals surface area contributed by atoms with Crippen molar-refractivity contribution in [1.82, 2.24) is 19.0 Å². The summed E-state index contributed by atoms with van der Waals surface area (Å²) in [4.78, 5) is 34.3. The van der Waals surface area contributed by atoms with Gasteiger partial charge in [-0.3, -0.25) is 14.5 Å². The van der Waals surface area contributed by atoms with Crippen LogP contribution in [0, 0.1) is 13.8 Å². The Morgan fingerprint density at radius 2 is 1.67 bits per heavy atom. The molecule has 3 unspecified atom stereocenters. The van der Waals surface area contributed by atoms with E-state index in [1.165, 1.54) is 11.3 Å². The molecule has 4 aliphatic rings. The van der Waals surface area contributed by atoms with Crippen LogP contribution in [0.2, 0.25) is 10.0 Å². The van der Waals surface area contributed by atoms with Gasteiger partial charge in [-0.05, 0) is 68.0 Å². The third-order valence-corrected chi connectivity index (χ3v) is 12.9. The molecule has 240 valence electrons. The van der Waals surface area contributed by atoms with Gasteiger partial charge in [0.05, 0.1) is 21.8 Å². The van der Waals surface area contributed by atoms with E-state index in [0.717, 1.165) is 34.4 Å². The lowest BCUT2D eigenvalue weighted by Gasteiger charge is -2.50. The number of amides is 2. The van der Waals surface area contributed by atoms with Gasteiger partial charge < -0.3 is 9.80 Å². The molecule has 2 aromatic carbocycles. The van der Waals surface area contributed by atoms with Crippen molar-refractivity contribution >= 4 is 56.4 Å². The number of rotatable bonds is 8. The Morgan fingerprint density at radius 1 is 0.911 bits per heavy atom. The van der Waals surface area contributed by atoms with Crippen LogP contribution >= 0.6 is 34.5 Å². The van der Waals surface area contributed by atoms with Gasteiger partial charge in [-0.1, -0.05) is 52.5 Å². The molecule has 7 rings (SSSR count). The average molecular weight is 690 g/mol. The molecule has 45 heavy (non-hydrogen) atoms. The van der Waals surface area contributed by atoms with Crippen LogP contribution in [-0.2, 0) is 20.6 Å². The quantitative estimate of drug-likeness (QED) is 0.301. The van der Waals surface area contributed by atoms with Gasteiger partial charge in [0.25, 0.3) is 5.91 Å². The number of halogens is 2. The molecule has 4 fully saturated rings. The van der Waals surface area contributed by atoms with E-state index in [4.69, 9.17) is 23.2 Å². The summed E-state index contributed by atoms with van der Waals surface area (Å²) in [6, 6.07) is 14.6. The maximum Gasteiger partial charge on any atom is 0.254 e. The number of aryl methyl sites for hydroxylation is 2. The van der Waals surface area contributed by atoms with E-state index in [-0.39, 0.29) is 35.7 Å². The molecule has 0 saturated carbocycles. The Kier molecular flexibility index (Phi) is 9.62. The Bertz CT molecular complexity index is 1660. The molecule has 8 nitrogen and oxygen atoms in total. The number of sulfonamides is 1. The minimum atomic E-state index is -3.40. The van der Waals surface area contributed by atoms with E-state index >= 15 is 0 Å². The number of fused-ring (bicyclic) bond motifs is 3. The van der Waals surface area contributed by atoms with Crippen LogP contribution in [-0.4, -0.2) is 90.6 Å². The molecular weight excluding hydrogens is 651 g/mol. The van der Waals surface area contributed by atoms with Crippen LogP contribution in [0.3, 0.4) is 0 Å². The van der Waals surface area contributed by atoms with Crippen LogP contribution in [0.4, 0.5) is 0 Å². The summed E-state index contributed by atoms with van der Waals surface area (Å²) in [5.74, 6) is -0.00412. The maximum atomic E-state index is 13.9. The highest BCUT2D eigenvalue weighted by atomic mass is 35.5. The topological polar surface area (TPSA) is 81.2 Å². The number of carbonyl (C=O) groups is 2. The molecule has 0 aliphatic carbocycles. The number of carbonyl (C=O) groups excluding carboxylic acids is 2. The maximum absolute atomic E-state index is 13.9. The lowest BCUT2D eigenvalue weighted by atomic mass is 9.92. The number of piperidine rings is 2. The third kappa shape index (κ3) is 7.11. The number of hydrogen-bond acceptors (Lipinski definition) is 6. The SMILES string of the molecule is Cc1cc(C)cc(C(=O)N2CCN(C(=O)CCN3CC4CCC3CN4S(=O)(=O)Cc3cccs3)C(c3ccc(Cl)c(Cl)c3)C2)c1. The highest BCUT2D eigenvalue weighted by Gasteiger charge is 2.44. The van der Waals surface area contributed by atoms with Crippen LogP contribution in [0.5, 0.6) is 0 Å². The lowest BCUT2D eigenvalue weighted by Crippen LogP contribution is -2.64. The molecular formula is C33H38Cl2N4O4S2. The first-order chi connectivity index (χ1) is 21.5. The van der Waals surface area contributed by atoms with Gasteiger partial charge in [-0.25, -0.2) is 8.42 Å². The van der Waals surface area contributed by atoms with E-state index in [1.807, 2.05) is 65.4 Å². The summed E-state index contributed by atoms with van der Waals surface area (Å²) in [7, 11) is -3.40. The highest BCUT2D eigenvalue weighted by Crippen LogP contribution is 2.34. The van der Waals surface area contributed by atoms with Crippen LogP contribution in [0.25, 0.3) is 0 Å². The average Bonchev–Trinajstić information content (AvgIpc) is 3.52. The Hall–Kier alpha value is -2.47. The molecule has 4 aliphatic heterocycles. The van der Waals surface area contributed by atoms with E-state index in [9.17, 15) is 18.0 Å². The van der Waals surface area contributed by atoms with Crippen LogP contribution in [0.1, 0.15) is 57.2 Å². The summed E-state index contributed by atoms with van der Waals surface area (Å²) in [6.45, 7) is 6.81. The number of thiophene rings is 1. The van der Waals surface area contributed by atoms with Crippen molar-refractivity contribution in [2.45, 2.75) is 57.0 Å². The molecule has 0 N–H and O–H groups in total. The van der Waals surface area contributed by atoms with Crippen molar-refractivity contribution in [2.24, 2.45) is 0 Å². The summed E-state index contributed by atoms with van der Waals surface area (Å²) in [5, 5.41) is 2.74. The van der Waals surface area contributed by atoms with E-state index in [1.54, 1.807) is 16.4 Å². The molecule has 2 bridgehead atoms. The second-order valence-corrected chi connectivity index (χ2v) is 16.2. The van der Waals surface area contributed by atoms with Crippen molar-refractivity contribution in [3.05, 3.63) is 91.1 Å². The molecule has 4 saturated heterocycles. The van der Waals surface area contributed by atoms with Crippen molar-refractivity contribution in [2.75, 3.05) is 39.3 Å². The largest absolute Gasteiger partial charge is 0.334 e. The third-order valence-electron chi connectivity index (χ3n) is 9.25. The van der Waals surface area contributed by atoms with Crippen molar-refractivity contribution in [3.8, 4) is 0 Å². The minimum Gasteiger partial charge on any atom is -0.334 e. The number of benzene rings is 2. The van der Waals surface area contributed by atoms with Gasteiger partial charge in [-0.15, -0.1) is 11.3 Å². The first-order valence-electron chi connectivity index (χ1n) is 15.4. The Morgan fingerprint density at radius 3 is 2.33 bits per heavy atom. The normalized spacial score (nSPS) is 22.6. The molecule has 0 spiro atoms. The molecule has 12 heteroatoms. The zero-order valence-electron chi connectivity index (χ0n) is 25.5. The zero-order chi connectivity index (χ0) is 31.9. The first kappa shape index (κ1) is 32.5. The van der Waals surface area contributed by atoms with E-state index < -0.39 is 10.0 Å². The molecule has 3 atom stereocenters. The van der Waals surface area contributed by atoms with E-state index in [0.29, 0.717) is 61.3 Å². The minimum absolute atomic E-state index is 0.00758. The van der Waals surface area contributed by atoms with Crippen molar-refractivity contribution < 1.29 is 18.0 Å². The number of hydrogen-bond donors (Lipinski definition) is 0. The summed E-state index contributed by atoms with van der Waals surface area (Å²) >= 11 is 14.1. The lowest BCUT2D eigenvalue weighted by molar-refractivity contribution is -0.136. The second kappa shape index (κ2) is 13.3. The van der Waals surface area contributed by atoms with Gasteiger partial charge in [0.1, 0.15) is 0 Å². The number of piperazine rings is 2. The summed E-state index contributed by atoms with van der Waals surface area (Å²) < 4.78 is 28.2. The van der Waals surface area contributed by atoms with Crippen molar-refractivity contribution in [1.29, 1.82) is 0 Å². The highest BCUT2D eigenvalue weighted by molar-refractivity contribution is 7.88. The molecule has 2 amide bonds. The van der Waals surface area contributed by atoms with Gasteiger partial charge in [-0.2, -0.15) is 4.31 Å². The number of nitrogens with zero attached hydrogens (tertiary/aromatic N) is 4. The molecule has 0 radical (unpaired) electrons. The predicted molar refractivity (Wildman–Crippen MR) is 179 cm³/mol. The zero-order valence-corrected chi connectivity index (χ0v) is 28.6. The summed E-state index contributed by atoms with van der Waals surface area (Å²) in [6.07, 6.45) is 2.08. The molecule has 1 aromatic heterocycles. The molecule has 5 heterocycles. The monoisotopic (exact) mass is 688 g/mol. The molecule has 3 aromatic rings. The second-order valence-electron chi connectivity index (χ2n) is 12.4. The van der Waals surface area contributed by atoms with Gasteiger partial charge in [0.2, 0.25) is 15.9 Å². The standard InChI is InChI=1S/C33H38Cl2N4O4S2/c1-22-14-23(2)16-25(15-22)33(41)37-11-12-38(31(20-37)24-5-8-29(34)30(35)17-24)32(40)9-10-36-18-27-7-6-26(36)19-39(27)45(42,43)21-28-4-3-13-44-28/h3-5,8,13-17,26-27,31H,6-7,9-12,18-21H2,1-2H3. The Labute approximate surface area is 279 Å². The van der Waals surface area contributed by atoms with Crippen LogP contribution in [0.15, 0.2) is 53.9 Å². The fourth-order valence-corrected chi connectivity index (χ4v) is 10.2. The van der Waals surface area contributed by atoms with Crippen molar-refractivity contribution in [3.63, 3.8) is 0 Å². The van der Waals surface area contributed by atoms with E-state index in [2.05, 4.69) is 4.90 Å². The summed E-state index contributed by atoms with van der Waals surface area (Å²) in [5.41, 5.74) is 3.54. The predicted octanol–water partition coefficient (Wildman–Crippen LogP) is 5.77. The van der Waals surface area contributed by atoms with Gasteiger partial charge >= 0.3 is 0 Å². The first-order valence-corrected chi connectivity index (χ1v) is 18.6. The fourth-order valence-electron chi connectivity index (χ4n) is 7.08.